The lowest BCUT2D eigenvalue weighted by Crippen LogP contribution is -2.52. The normalized spacial score (nSPS) is 37.1. The Morgan fingerprint density at radius 3 is 2.59 bits per heavy atom. The fraction of sp³-hybridized carbons (Fsp3) is 1.00. The fourth-order valence-corrected chi connectivity index (χ4v) is 3.49. The van der Waals surface area contributed by atoms with Gasteiger partial charge in [-0.3, -0.25) is 4.90 Å². The van der Waals surface area contributed by atoms with Crippen molar-refractivity contribution in [1.82, 2.24) is 9.80 Å². The Labute approximate surface area is 106 Å². The first kappa shape index (κ1) is 13.3. The van der Waals surface area contributed by atoms with E-state index in [1.807, 2.05) is 0 Å². The molecule has 0 aromatic rings. The summed E-state index contributed by atoms with van der Waals surface area (Å²) < 4.78 is 0. The summed E-state index contributed by atoms with van der Waals surface area (Å²) in [6, 6.07) is 1.04. The molecule has 3 nitrogen and oxygen atoms in total. The number of piperidine rings is 1. The van der Waals surface area contributed by atoms with Crippen LogP contribution in [0, 0.1) is 0 Å². The molecule has 1 aliphatic carbocycles. The Balaban J connectivity index is 1.94. The summed E-state index contributed by atoms with van der Waals surface area (Å²) in [5.74, 6) is 0. The van der Waals surface area contributed by atoms with Crippen molar-refractivity contribution < 1.29 is 5.11 Å². The van der Waals surface area contributed by atoms with Crippen LogP contribution in [0.1, 0.15) is 44.9 Å². The van der Waals surface area contributed by atoms with Gasteiger partial charge in [-0.05, 0) is 46.3 Å². The topological polar surface area (TPSA) is 26.7 Å². The second-order valence-electron chi connectivity index (χ2n) is 6.00. The first-order valence-electron chi connectivity index (χ1n) is 7.27. The van der Waals surface area contributed by atoms with Crippen molar-refractivity contribution in [3.05, 3.63) is 0 Å². The minimum Gasteiger partial charge on any atom is -0.391 e. The van der Waals surface area contributed by atoms with E-state index >= 15 is 0 Å². The van der Waals surface area contributed by atoms with Crippen LogP contribution in [0.2, 0.25) is 0 Å². The Morgan fingerprint density at radius 1 is 1.06 bits per heavy atom. The molecule has 3 atom stereocenters. The van der Waals surface area contributed by atoms with Gasteiger partial charge in [0.1, 0.15) is 0 Å². The van der Waals surface area contributed by atoms with Crippen LogP contribution in [-0.2, 0) is 0 Å². The van der Waals surface area contributed by atoms with E-state index in [1.165, 1.54) is 51.6 Å². The fourth-order valence-electron chi connectivity index (χ4n) is 3.49. The van der Waals surface area contributed by atoms with Gasteiger partial charge in [0.25, 0.3) is 0 Å². The molecule has 0 aromatic carbocycles. The Morgan fingerprint density at radius 2 is 1.82 bits per heavy atom. The third-order valence-electron chi connectivity index (χ3n) is 4.64. The summed E-state index contributed by atoms with van der Waals surface area (Å²) in [5.41, 5.74) is 0. The molecule has 1 saturated heterocycles. The van der Waals surface area contributed by atoms with E-state index in [1.54, 1.807) is 0 Å². The predicted molar refractivity (Wildman–Crippen MR) is 71.2 cm³/mol. The lowest BCUT2D eigenvalue weighted by molar-refractivity contribution is 0.0166. The van der Waals surface area contributed by atoms with E-state index in [9.17, 15) is 5.11 Å². The smallest absolute Gasteiger partial charge is 0.0695 e. The van der Waals surface area contributed by atoms with E-state index in [4.69, 9.17) is 0 Å². The van der Waals surface area contributed by atoms with Gasteiger partial charge < -0.3 is 10.0 Å². The second kappa shape index (κ2) is 6.17. The number of aliphatic hydroxyl groups excluding tert-OH is 1. The number of likely N-dealkylation sites (N-methyl/N-ethyl adjacent to an activating group) is 2. The van der Waals surface area contributed by atoms with Gasteiger partial charge in [0, 0.05) is 18.6 Å². The molecule has 100 valence electrons. The highest BCUT2D eigenvalue weighted by atomic mass is 16.3. The number of hydrogen-bond acceptors (Lipinski definition) is 3. The molecular weight excluding hydrogens is 212 g/mol. The molecule has 17 heavy (non-hydrogen) atoms. The summed E-state index contributed by atoms with van der Waals surface area (Å²) in [5, 5.41) is 10.3. The van der Waals surface area contributed by atoms with Crippen LogP contribution >= 0.6 is 0 Å². The highest BCUT2D eigenvalue weighted by Crippen LogP contribution is 2.25. The SMILES string of the molecule is CN1CCCC(N(C)C2CCCCCC2O)C1. The van der Waals surface area contributed by atoms with Crippen LogP contribution in [0.25, 0.3) is 0 Å². The number of hydrogen-bond donors (Lipinski definition) is 1. The molecule has 3 unspecified atom stereocenters. The first-order chi connectivity index (χ1) is 8.18. The number of likely N-dealkylation sites (tertiary alicyclic amines) is 1. The van der Waals surface area contributed by atoms with Crippen molar-refractivity contribution in [1.29, 1.82) is 0 Å². The average Bonchev–Trinajstić information content (AvgIpc) is 2.53. The molecular formula is C14H28N2O. The Kier molecular flexibility index (Phi) is 4.83. The van der Waals surface area contributed by atoms with Gasteiger partial charge in [0.15, 0.2) is 0 Å². The van der Waals surface area contributed by atoms with Gasteiger partial charge in [-0.15, -0.1) is 0 Å². The summed E-state index contributed by atoms with van der Waals surface area (Å²) >= 11 is 0. The predicted octanol–water partition coefficient (Wildman–Crippen LogP) is 1.71. The van der Waals surface area contributed by atoms with Crippen LogP contribution in [-0.4, -0.2) is 60.3 Å². The zero-order valence-electron chi connectivity index (χ0n) is 11.4. The Hall–Kier alpha value is -0.120. The molecule has 1 aliphatic heterocycles. The van der Waals surface area contributed by atoms with E-state index in [-0.39, 0.29) is 6.10 Å². The summed E-state index contributed by atoms with van der Waals surface area (Å²) in [6.45, 7) is 2.40. The number of aliphatic hydroxyl groups is 1. The van der Waals surface area contributed by atoms with E-state index in [0.717, 1.165) is 6.42 Å². The van der Waals surface area contributed by atoms with Crippen molar-refractivity contribution in [2.24, 2.45) is 0 Å². The van der Waals surface area contributed by atoms with Gasteiger partial charge in [0.2, 0.25) is 0 Å². The molecule has 0 amide bonds. The van der Waals surface area contributed by atoms with Gasteiger partial charge in [-0.1, -0.05) is 19.3 Å². The van der Waals surface area contributed by atoms with Crippen molar-refractivity contribution in [3.63, 3.8) is 0 Å². The molecule has 1 N–H and O–H groups in total. The van der Waals surface area contributed by atoms with E-state index < -0.39 is 0 Å². The molecule has 3 heteroatoms. The largest absolute Gasteiger partial charge is 0.391 e. The molecule has 2 aliphatic rings. The highest BCUT2D eigenvalue weighted by Gasteiger charge is 2.31. The monoisotopic (exact) mass is 240 g/mol. The molecule has 1 saturated carbocycles. The lowest BCUT2D eigenvalue weighted by Gasteiger charge is -2.41. The van der Waals surface area contributed by atoms with Crippen LogP contribution in [0.5, 0.6) is 0 Å². The zero-order valence-corrected chi connectivity index (χ0v) is 11.4. The third kappa shape index (κ3) is 3.43. The lowest BCUT2D eigenvalue weighted by atomic mass is 9.98. The maximum Gasteiger partial charge on any atom is 0.0695 e. The minimum absolute atomic E-state index is 0.102. The van der Waals surface area contributed by atoms with E-state index in [0.29, 0.717) is 12.1 Å². The van der Waals surface area contributed by atoms with Crippen molar-refractivity contribution >= 4 is 0 Å². The van der Waals surface area contributed by atoms with E-state index in [2.05, 4.69) is 23.9 Å². The minimum atomic E-state index is -0.102. The average molecular weight is 240 g/mol. The molecule has 0 bridgehead atoms. The second-order valence-corrected chi connectivity index (χ2v) is 6.00. The third-order valence-corrected chi connectivity index (χ3v) is 4.64. The van der Waals surface area contributed by atoms with Gasteiger partial charge in [-0.25, -0.2) is 0 Å². The molecule has 1 heterocycles. The van der Waals surface area contributed by atoms with Crippen LogP contribution in [0.4, 0.5) is 0 Å². The summed E-state index contributed by atoms with van der Waals surface area (Å²) in [4.78, 5) is 4.90. The molecule has 2 rings (SSSR count). The highest BCUT2D eigenvalue weighted by molar-refractivity contribution is 4.86. The van der Waals surface area contributed by atoms with Crippen LogP contribution in [0.3, 0.4) is 0 Å². The number of rotatable bonds is 2. The maximum atomic E-state index is 10.3. The Bertz CT molecular complexity index is 234. The first-order valence-corrected chi connectivity index (χ1v) is 7.27. The molecule has 0 spiro atoms. The molecule has 0 radical (unpaired) electrons. The van der Waals surface area contributed by atoms with Crippen LogP contribution in [0.15, 0.2) is 0 Å². The number of nitrogens with zero attached hydrogens (tertiary/aromatic N) is 2. The van der Waals surface area contributed by atoms with Gasteiger partial charge >= 0.3 is 0 Å². The quantitative estimate of drug-likeness (QED) is 0.744. The van der Waals surface area contributed by atoms with Crippen molar-refractivity contribution in [2.45, 2.75) is 63.1 Å². The summed E-state index contributed by atoms with van der Waals surface area (Å²) in [6.07, 6.45) is 8.46. The van der Waals surface area contributed by atoms with Crippen molar-refractivity contribution in [3.8, 4) is 0 Å². The summed E-state index contributed by atoms with van der Waals surface area (Å²) in [7, 11) is 4.44. The zero-order chi connectivity index (χ0) is 12.3. The van der Waals surface area contributed by atoms with Crippen LogP contribution < -0.4 is 0 Å². The standard InChI is InChI=1S/C14H28N2O/c1-15-10-6-7-12(11-15)16(2)13-8-4-3-5-9-14(13)17/h12-14,17H,3-11H2,1-2H3. The van der Waals surface area contributed by atoms with Gasteiger partial charge in [0.05, 0.1) is 6.10 Å². The van der Waals surface area contributed by atoms with Gasteiger partial charge in [-0.2, -0.15) is 0 Å². The van der Waals surface area contributed by atoms with Crippen molar-refractivity contribution in [2.75, 3.05) is 27.2 Å². The molecule has 0 aromatic heterocycles. The molecule has 2 fully saturated rings. The maximum absolute atomic E-state index is 10.3.